The van der Waals surface area contributed by atoms with Gasteiger partial charge >= 0.3 is 6.18 Å². The van der Waals surface area contributed by atoms with Crippen molar-refractivity contribution in [3.05, 3.63) is 58.1 Å². The number of sulfonamides is 1. The number of amides is 1. The van der Waals surface area contributed by atoms with Gasteiger partial charge in [-0.3, -0.25) is 9.10 Å². The van der Waals surface area contributed by atoms with Crippen molar-refractivity contribution in [2.75, 3.05) is 15.9 Å². The Morgan fingerprint density at radius 1 is 1.13 bits per heavy atom. The van der Waals surface area contributed by atoms with Crippen LogP contribution in [-0.4, -0.2) is 26.6 Å². The van der Waals surface area contributed by atoms with E-state index in [4.69, 9.17) is 11.6 Å². The number of aryl methyl sites for hydroxylation is 2. The minimum absolute atomic E-state index is 0.0424. The average molecular weight is 463 g/mol. The summed E-state index contributed by atoms with van der Waals surface area (Å²) in [6.45, 7) is 5.23. The largest absolute Gasteiger partial charge is 0.418 e. The fourth-order valence-electron chi connectivity index (χ4n) is 3.00. The summed E-state index contributed by atoms with van der Waals surface area (Å²) in [7, 11) is -3.91. The van der Waals surface area contributed by atoms with Gasteiger partial charge in [-0.05, 0) is 61.7 Å². The predicted molar refractivity (Wildman–Crippen MR) is 112 cm³/mol. The van der Waals surface area contributed by atoms with Crippen molar-refractivity contribution >= 4 is 38.9 Å². The van der Waals surface area contributed by atoms with E-state index in [1.54, 1.807) is 32.0 Å². The molecule has 0 aliphatic rings. The molecule has 0 heterocycles. The molecule has 0 spiro atoms. The van der Waals surface area contributed by atoms with Gasteiger partial charge in [-0.25, -0.2) is 8.42 Å². The lowest BCUT2D eigenvalue weighted by Crippen LogP contribution is -2.47. The molecule has 2 aromatic rings. The molecule has 1 amide bonds. The minimum Gasteiger partial charge on any atom is -0.324 e. The molecule has 2 aromatic carbocycles. The second-order valence-electron chi connectivity index (χ2n) is 6.93. The van der Waals surface area contributed by atoms with Crippen LogP contribution in [0.2, 0.25) is 5.02 Å². The van der Waals surface area contributed by atoms with Gasteiger partial charge < -0.3 is 5.32 Å². The Morgan fingerprint density at radius 2 is 1.77 bits per heavy atom. The number of nitrogens with one attached hydrogen (secondary N) is 1. The molecule has 30 heavy (non-hydrogen) atoms. The van der Waals surface area contributed by atoms with Crippen LogP contribution in [0.3, 0.4) is 0 Å². The molecule has 10 heteroatoms. The first-order valence-corrected chi connectivity index (χ1v) is 11.2. The molecule has 0 aromatic heterocycles. The fourth-order valence-corrected chi connectivity index (χ4v) is 4.37. The van der Waals surface area contributed by atoms with Gasteiger partial charge in [0.15, 0.2) is 0 Å². The third-order valence-corrected chi connectivity index (χ3v) is 6.03. The standard InChI is InChI=1S/C20H22ClF3N2O3S/c1-5-18(26(30(4,28)29)15-8-6-12(2)13(3)10-15)19(27)25-17-9-7-14(21)11-16(17)20(22,23)24/h6-11,18H,5H2,1-4H3,(H,25,27)/t18-/m1/s1. The van der Waals surface area contributed by atoms with E-state index in [1.807, 2.05) is 6.92 Å². The zero-order valence-corrected chi connectivity index (χ0v) is 18.4. The van der Waals surface area contributed by atoms with Crippen LogP contribution >= 0.6 is 11.6 Å². The van der Waals surface area contributed by atoms with E-state index in [9.17, 15) is 26.4 Å². The number of alkyl halides is 3. The van der Waals surface area contributed by atoms with Gasteiger partial charge in [0.2, 0.25) is 15.9 Å². The topological polar surface area (TPSA) is 66.5 Å². The Morgan fingerprint density at radius 3 is 2.27 bits per heavy atom. The number of benzene rings is 2. The number of carbonyl (C=O) groups excluding carboxylic acids is 1. The van der Waals surface area contributed by atoms with E-state index in [0.29, 0.717) is 6.07 Å². The summed E-state index contributed by atoms with van der Waals surface area (Å²) in [6.07, 6.45) is -3.76. The number of halogens is 4. The van der Waals surface area contributed by atoms with E-state index in [0.717, 1.165) is 27.8 Å². The summed E-state index contributed by atoms with van der Waals surface area (Å²) in [4.78, 5) is 12.9. The quantitative estimate of drug-likeness (QED) is 0.644. The smallest absolute Gasteiger partial charge is 0.324 e. The highest BCUT2D eigenvalue weighted by molar-refractivity contribution is 7.92. The SMILES string of the molecule is CC[C@H](C(=O)Nc1ccc(Cl)cc1C(F)(F)F)N(c1ccc(C)c(C)c1)S(C)(=O)=O. The maximum Gasteiger partial charge on any atom is 0.418 e. The number of anilines is 2. The molecule has 164 valence electrons. The molecule has 5 nitrogen and oxygen atoms in total. The van der Waals surface area contributed by atoms with Gasteiger partial charge in [0.1, 0.15) is 6.04 Å². The van der Waals surface area contributed by atoms with Crippen molar-refractivity contribution < 1.29 is 26.4 Å². The van der Waals surface area contributed by atoms with Crippen LogP contribution < -0.4 is 9.62 Å². The zero-order chi connectivity index (χ0) is 22.9. The Balaban J connectivity index is 2.49. The van der Waals surface area contributed by atoms with Crippen LogP contribution in [0.15, 0.2) is 36.4 Å². The number of rotatable bonds is 6. The van der Waals surface area contributed by atoms with Gasteiger partial charge in [-0.2, -0.15) is 13.2 Å². The number of nitrogens with zero attached hydrogens (tertiary/aromatic N) is 1. The monoisotopic (exact) mass is 462 g/mol. The van der Waals surface area contributed by atoms with E-state index < -0.39 is 39.4 Å². The second-order valence-corrected chi connectivity index (χ2v) is 9.22. The number of carbonyl (C=O) groups is 1. The molecular formula is C20H22ClF3N2O3S. The molecule has 0 saturated carbocycles. The van der Waals surface area contributed by atoms with E-state index >= 15 is 0 Å². The van der Waals surface area contributed by atoms with E-state index in [1.165, 1.54) is 6.07 Å². The zero-order valence-electron chi connectivity index (χ0n) is 16.8. The summed E-state index contributed by atoms with van der Waals surface area (Å²) in [5.74, 6) is -0.881. The molecule has 0 aliphatic heterocycles. The van der Waals surface area contributed by atoms with E-state index in [2.05, 4.69) is 5.32 Å². The first-order valence-electron chi connectivity index (χ1n) is 9.00. The lowest BCUT2D eigenvalue weighted by atomic mass is 10.1. The predicted octanol–water partition coefficient (Wildman–Crippen LogP) is 5.16. The number of hydrogen-bond acceptors (Lipinski definition) is 3. The molecule has 1 N–H and O–H groups in total. The van der Waals surface area contributed by atoms with Gasteiger partial charge in [-0.1, -0.05) is 24.6 Å². The summed E-state index contributed by atoms with van der Waals surface area (Å²) >= 11 is 5.67. The maximum absolute atomic E-state index is 13.3. The van der Waals surface area contributed by atoms with Gasteiger partial charge in [-0.15, -0.1) is 0 Å². The Labute approximate surface area is 178 Å². The molecule has 0 aliphatic carbocycles. The summed E-state index contributed by atoms with van der Waals surface area (Å²) in [5, 5.41) is 2.08. The van der Waals surface area contributed by atoms with Gasteiger partial charge in [0.25, 0.3) is 0 Å². The van der Waals surface area contributed by atoms with Gasteiger partial charge in [0.05, 0.1) is 23.2 Å². The molecule has 2 rings (SSSR count). The van der Waals surface area contributed by atoms with Crippen molar-refractivity contribution in [1.82, 2.24) is 0 Å². The highest BCUT2D eigenvalue weighted by Gasteiger charge is 2.36. The third-order valence-electron chi connectivity index (χ3n) is 4.62. The average Bonchev–Trinajstić information content (AvgIpc) is 2.61. The summed E-state index contributed by atoms with van der Waals surface area (Å²) in [6, 6.07) is 6.60. The third kappa shape index (κ3) is 5.46. The maximum atomic E-state index is 13.3. The second kappa shape index (κ2) is 8.85. The fraction of sp³-hybridized carbons (Fsp3) is 0.350. The summed E-state index contributed by atoms with van der Waals surface area (Å²) in [5.41, 5.74) is 0.392. The van der Waals surface area contributed by atoms with Crippen molar-refractivity contribution in [2.24, 2.45) is 0 Å². The minimum atomic E-state index is -4.75. The molecule has 0 bridgehead atoms. The highest BCUT2D eigenvalue weighted by atomic mass is 35.5. The van der Waals surface area contributed by atoms with Crippen molar-refractivity contribution in [3.63, 3.8) is 0 Å². The number of hydrogen-bond donors (Lipinski definition) is 1. The Hall–Kier alpha value is -2.26. The highest BCUT2D eigenvalue weighted by Crippen LogP contribution is 2.37. The summed E-state index contributed by atoms with van der Waals surface area (Å²) < 4.78 is 66.0. The Bertz CT molecular complexity index is 1060. The van der Waals surface area contributed by atoms with Crippen molar-refractivity contribution in [3.8, 4) is 0 Å². The molecule has 0 fully saturated rings. The van der Waals surface area contributed by atoms with Crippen LogP contribution in [0, 0.1) is 13.8 Å². The normalized spacial score (nSPS) is 13.1. The lowest BCUT2D eigenvalue weighted by molar-refractivity contribution is -0.137. The molecule has 1 atom stereocenters. The van der Waals surface area contributed by atoms with Crippen LogP contribution in [0.4, 0.5) is 24.5 Å². The van der Waals surface area contributed by atoms with Crippen LogP contribution in [0.25, 0.3) is 0 Å². The van der Waals surface area contributed by atoms with Crippen molar-refractivity contribution in [1.29, 1.82) is 0 Å². The molecule has 0 saturated heterocycles. The first kappa shape index (κ1) is 24.0. The van der Waals surface area contributed by atoms with Crippen LogP contribution in [0.1, 0.15) is 30.0 Å². The first-order chi connectivity index (χ1) is 13.8. The molecule has 0 radical (unpaired) electrons. The van der Waals surface area contributed by atoms with Gasteiger partial charge in [0, 0.05) is 5.02 Å². The molecule has 0 unspecified atom stereocenters. The molecular weight excluding hydrogens is 441 g/mol. The Kier molecular flexibility index (Phi) is 7.08. The van der Waals surface area contributed by atoms with Crippen molar-refractivity contribution in [2.45, 2.75) is 39.4 Å². The lowest BCUT2D eigenvalue weighted by Gasteiger charge is -2.30. The van der Waals surface area contributed by atoms with Crippen LogP contribution in [0.5, 0.6) is 0 Å². The van der Waals surface area contributed by atoms with Crippen LogP contribution in [-0.2, 0) is 21.0 Å². The van der Waals surface area contributed by atoms with E-state index in [-0.39, 0.29) is 17.1 Å².